The molecule has 0 radical (unpaired) electrons. The molecule has 28 heavy (non-hydrogen) atoms. The largest absolute Gasteiger partial charge is 0.355 e. The zero-order valence-electron chi connectivity index (χ0n) is 15.7. The van der Waals surface area contributed by atoms with Crippen LogP contribution in [0.2, 0.25) is 0 Å². The van der Waals surface area contributed by atoms with E-state index in [2.05, 4.69) is 31.1 Å². The minimum absolute atomic E-state index is 0.496. The first-order valence-corrected chi connectivity index (χ1v) is 9.90. The molecule has 2 fully saturated rings. The molecule has 0 spiro atoms. The molecule has 0 atom stereocenters. The van der Waals surface area contributed by atoms with Gasteiger partial charge in [-0.15, -0.1) is 15.3 Å². The van der Waals surface area contributed by atoms with Gasteiger partial charge in [0.05, 0.1) is 11.6 Å². The van der Waals surface area contributed by atoms with Gasteiger partial charge in [-0.2, -0.15) is 9.78 Å². The van der Waals surface area contributed by atoms with E-state index < -0.39 is 0 Å². The summed E-state index contributed by atoms with van der Waals surface area (Å²) in [6.07, 6.45) is 6.35. The Balaban J connectivity index is 1.36. The molecule has 1 aliphatic heterocycles. The van der Waals surface area contributed by atoms with Gasteiger partial charge >= 0.3 is 0 Å². The van der Waals surface area contributed by atoms with Crippen LogP contribution in [0.5, 0.6) is 0 Å². The smallest absolute Gasteiger partial charge is 0.178 e. The molecule has 3 aromatic rings. The third kappa shape index (κ3) is 3.03. The van der Waals surface area contributed by atoms with Gasteiger partial charge in [-0.3, -0.25) is 0 Å². The lowest BCUT2D eigenvalue weighted by Gasteiger charge is -2.25. The first-order valence-electron chi connectivity index (χ1n) is 9.90. The van der Waals surface area contributed by atoms with E-state index in [9.17, 15) is 0 Å². The van der Waals surface area contributed by atoms with E-state index in [1.807, 2.05) is 22.7 Å². The van der Waals surface area contributed by atoms with E-state index in [0.717, 1.165) is 55.7 Å². The van der Waals surface area contributed by atoms with Gasteiger partial charge in [0, 0.05) is 38.3 Å². The van der Waals surface area contributed by atoms with Crippen molar-refractivity contribution in [2.24, 2.45) is 0 Å². The van der Waals surface area contributed by atoms with Crippen molar-refractivity contribution in [3.8, 4) is 6.07 Å². The molecule has 8 nitrogen and oxygen atoms in total. The Labute approximate surface area is 163 Å². The molecule has 1 aliphatic carbocycles. The molecule has 142 valence electrons. The van der Waals surface area contributed by atoms with Crippen LogP contribution < -0.4 is 9.80 Å². The van der Waals surface area contributed by atoms with Gasteiger partial charge in [0.2, 0.25) is 0 Å². The van der Waals surface area contributed by atoms with Crippen LogP contribution in [0.4, 0.5) is 11.6 Å². The number of rotatable bonds is 3. The molecule has 1 saturated heterocycles. The van der Waals surface area contributed by atoms with E-state index in [-0.39, 0.29) is 0 Å². The van der Waals surface area contributed by atoms with E-state index in [1.165, 1.54) is 19.3 Å². The highest BCUT2D eigenvalue weighted by atomic mass is 15.4. The number of anilines is 2. The maximum absolute atomic E-state index is 9.13. The Morgan fingerprint density at radius 3 is 2.50 bits per heavy atom. The number of pyridine rings is 1. The van der Waals surface area contributed by atoms with Crippen molar-refractivity contribution in [1.82, 2.24) is 24.8 Å². The fraction of sp³-hybridized carbons (Fsp3) is 0.450. The van der Waals surface area contributed by atoms with Gasteiger partial charge in [0.1, 0.15) is 11.6 Å². The third-order valence-corrected chi connectivity index (χ3v) is 5.76. The molecule has 8 heteroatoms. The molecule has 0 bridgehead atoms. The van der Waals surface area contributed by atoms with Gasteiger partial charge < -0.3 is 9.80 Å². The maximum atomic E-state index is 9.13. The van der Waals surface area contributed by atoms with Crippen LogP contribution in [0.15, 0.2) is 30.5 Å². The fourth-order valence-corrected chi connectivity index (χ4v) is 3.92. The van der Waals surface area contributed by atoms with E-state index >= 15 is 0 Å². The first kappa shape index (κ1) is 16.9. The molecular weight excluding hydrogens is 352 g/mol. The van der Waals surface area contributed by atoms with Gasteiger partial charge in [-0.05, 0) is 43.5 Å². The van der Waals surface area contributed by atoms with Gasteiger partial charge in [0.25, 0.3) is 0 Å². The first-order chi connectivity index (χ1) is 13.8. The maximum Gasteiger partial charge on any atom is 0.178 e. The molecule has 1 saturated carbocycles. The van der Waals surface area contributed by atoms with Gasteiger partial charge in [-0.25, -0.2) is 4.98 Å². The van der Waals surface area contributed by atoms with Crippen LogP contribution in [0.25, 0.3) is 5.65 Å². The third-order valence-electron chi connectivity index (χ3n) is 5.76. The van der Waals surface area contributed by atoms with Crippen molar-refractivity contribution in [2.75, 3.05) is 36.0 Å². The number of hydrogen-bond acceptors (Lipinski definition) is 7. The molecule has 0 amide bonds. The normalized spacial score (nSPS) is 18.0. The zero-order chi connectivity index (χ0) is 18.9. The molecule has 4 heterocycles. The number of nitriles is 1. The van der Waals surface area contributed by atoms with Crippen LogP contribution in [-0.4, -0.2) is 51.0 Å². The zero-order valence-corrected chi connectivity index (χ0v) is 15.7. The molecule has 0 unspecified atom stereocenters. The standard InChI is InChI=1S/C20H22N8/c21-14-15-7-8-22-19(13-15)27-10-2-9-26(11-12-27)18-6-5-17-23-24-20(28(17)25-18)16-3-1-4-16/h5-8,13,16H,1-4,9-12H2. The lowest BCUT2D eigenvalue weighted by Crippen LogP contribution is -2.32. The molecule has 3 aromatic heterocycles. The van der Waals surface area contributed by atoms with Crippen LogP contribution in [0.1, 0.15) is 43.0 Å². The predicted octanol–water partition coefficient (Wildman–Crippen LogP) is 2.38. The van der Waals surface area contributed by atoms with Crippen LogP contribution in [0.3, 0.4) is 0 Å². The van der Waals surface area contributed by atoms with Crippen molar-refractivity contribution < 1.29 is 0 Å². The molecule has 0 N–H and O–H groups in total. The minimum Gasteiger partial charge on any atom is -0.355 e. The van der Waals surface area contributed by atoms with Crippen molar-refractivity contribution in [2.45, 2.75) is 31.6 Å². The van der Waals surface area contributed by atoms with E-state index in [0.29, 0.717) is 11.5 Å². The average molecular weight is 374 g/mol. The van der Waals surface area contributed by atoms with Crippen molar-refractivity contribution >= 4 is 17.3 Å². The number of fused-ring (bicyclic) bond motifs is 1. The predicted molar refractivity (Wildman–Crippen MR) is 105 cm³/mol. The van der Waals surface area contributed by atoms with Crippen LogP contribution in [0, 0.1) is 11.3 Å². The summed E-state index contributed by atoms with van der Waals surface area (Å²) in [7, 11) is 0. The fourth-order valence-electron chi connectivity index (χ4n) is 3.92. The Morgan fingerprint density at radius 1 is 0.929 bits per heavy atom. The van der Waals surface area contributed by atoms with Gasteiger partial charge in [0.15, 0.2) is 11.5 Å². The summed E-state index contributed by atoms with van der Waals surface area (Å²) < 4.78 is 1.93. The SMILES string of the molecule is N#Cc1ccnc(N2CCCN(c3ccc4nnc(C5CCC5)n4n3)CC2)c1. The highest BCUT2D eigenvalue weighted by molar-refractivity contribution is 5.48. The summed E-state index contributed by atoms with van der Waals surface area (Å²) >= 11 is 0. The second-order valence-electron chi connectivity index (χ2n) is 7.49. The second-order valence-corrected chi connectivity index (χ2v) is 7.49. The lowest BCUT2D eigenvalue weighted by molar-refractivity contribution is 0.395. The summed E-state index contributed by atoms with van der Waals surface area (Å²) in [5.74, 6) is 3.33. The lowest BCUT2D eigenvalue weighted by atomic mass is 9.85. The Bertz CT molecular complexity index is 1030. The number of hydrogen-bond donors (Lipinski definition) is 0. The van der Waals surface area contributed by atoms with Crippen molar-refractivity contribution in [3.05, 3.63) is 41.9 Å². The average Bonchev–Trinajstić information content (AvgIpc) is 2.94. The van der Waals surface area contributed by atoms with Crippen LogP contribution in [-0.2, 0) is 0 Å². The summed E-state index contributed by atoms with van der Waals surface area (Å²) in [6, 6.07) is 9.85. The Morgan fingerprint density at radius 2 is 1.75 bits per heavy atom. The van der Waals surface area contributed by atoms with Crippen molar-refractivity contribution in [1.29, 1.82) is 5.26 Å². The number of nitrogens with zero attached hydrogens (tertiary/aromatic N) is 8. The summed E-state index contributed by atoms with van der Waals surface area (Å²) in [5.41, 5.74) is 1.47. The monoisotopic (exact) mass is 374 g/mol. The van der Waals surface area contributed by atoms with E-state index in [4.69, 9.17) is 10.4 Å². The second kappa shape index (κ2) is 7.08. The highest BCUT2D eigenvalue weighted by Crippen LogP contribution is 2.35. The molecular formula is C20H22N8. The Hall–Kier alpha value is -3.21. The van der Waals surface area contributed by atoms with Crippen molar-refractivity contribution in [3.63, 3.8) is 0 Å². The number of aromatic nitrogens is 5. The quantitative estimate of drug-likeness (QED) is 0.695. The molecule has 0 aromatic carbocycles. The Kier molecular flexibility index (Phi) is 4.28. The minimum atomic E-state index is 0.496. The highest BCUT2D eigenvalue weighted by Gasteiger charge is 2.26. The molecule has 5 rings (SSSR count). The summed E-state index contributed by atoms with van der Waals surface area (Å²) in [4.78, 5) is 9.02. The molecule has 2 aliphatic rings. The van der Waals surface area contributed by atoms with Gasteiger partial charge in [-0.1, -0.05) is 6.42 Å². The summed E-state index contributed by atoms with van der Waals surface area (Å²) in [5, 5.41) is 22.7. The van der Waals surface area contributed by atoms with Crippen LogP contribution >= 0.6 is 0 Å². The topological polar surface area (TPSA) is 86.2 Å². The van der Waals surface area contributed by atoms with E-state index in [1.54, 1.807) is 12.3 Å². The summed E-state index contributed by atoms with van der Waals surface area (Å²) in [6.45, 7) is 3.56.